The minimum atomic E-state index is -4.59. The van der Waals surface area contributed by atoms with Crippen LogP contribution in [0.5, 0.6) is 0 Å². The van der Waals surface area contributed by atoms with Crippen LogP contribution < -0.4 is 10.6 Å². The third kappa shape index (κ3) is 4.20. The maximum atomic E-state index is 13.2. The quantitative estimate of drug-likeness (QED) is 0.326. The van der Waals surface area contributed by atoms with E-state index < -0.39 is 29.7 Å². The molecule has 14 heteroatoms. The highest BCUT2D eigenvalue weighted by molar-refractivity contribution is 6.02. The molecule has 0 spiro atoms. The van der Waals surface area contributed by atoms with Gasteiger partial charge < -0.3 is 15.6 Å². The normalized spacial score (nSPS) is 16.3. The van der Waals surface area contributed by atoms with Gasteiger partial charge in [0.1, 0.15) is 11.7 Å². The van der Waals surface area contributed by atoms with E-state index in [0.717, 1.165) is 6.92 Å². The summed E-state index contributed by atoms with van der Waals surface area (Å²) in [5.74, 6) is -0.868. The van der Waals surface area contributed by atoms with Crippen LogP contribution in [-0.2, 0) is 0 Å². The van der Waals surface area contributed by atoms with Crippen LogP contribution in [0.15, 0.2) is 36.9 Å². The lowest BCUT2D eigenvalue weighted by atomic mass is 10.1. The van der Waals surface area contributed by atoms with Crippen LogP contribution in [0, 0.1) is 5.41 Å². The van der Waals surface area contributed by atoms with Crippen LogP contribution in [0.2, 0.25) is 0 Å². The van der Waals surface area contributed by atoms with Gasteiger partial charge in [0.05, 0.1) is 22.7 Å². The molecule has 0 saturated heterocycles. The van der Waals surface area contributed by atoms with Crippen molar-refractivity contribution in [2.24, 2.45) is 5.41 Å². The van der Waals surface area contributed by atoms with E-state index in [1.165, 1.54) is 16.9 Å². The van der Waals surface area contributed by atoms with Crippen LogP contribution in [0.1, 0.15) is 30.1 Å². The van der Waals surface area contributed by atoms with Gasteiger partial charge in [0, 0.05) is 36.1 Å². The Labute approximate surface area is 199 Å². The lowest BCUT2D eigenvalue weighted by Gasteiger charge is -2.19. The summed E-state index contributed by atoms with van der Waals surface area (Å²) < 4.78 is 79.4. The summed E-state index contributed by atoms with van der Waals surface area (Å²) >= 11 is 0. The zero-order valence-electron chi connectivity index (χ0n) is 18.6. The molecule has 0 aromatic carbocycles. The van der Waals surface area contributed by atoms with Gasteiger partial charge in [-0.05, 0) is 37.5 Å². The third-order valence-electron chi connectivity index (χ3n) is 6.39. The first-order valence-electron chi connectivity index (χ1n) is 10.9. The molecule has 4 heterocycles. The number of amides is 1. The molecule has 5 rings (SSSR count). The summed E-state index contributed by atoms with van der Waals surface area (Å²) in [5, 5.41) is 9.17. The summed E-state index contributed by atoms with van der Waals surface area (Å²) in [6.45, 7) is 0.531. The molecule has 1 amide bonds. The number of alkyl halides is 6. The number of fused-ring (bicyclic) bond motifs is 2. The highest BCUT2D eigenvalue weighted by Gasteiger charge is 2.63. The Bertz CT molecular complexity index is 1450. The van der Waals surface area contributed by atoms with Crippen LogP contribution in [0.4, 0.5) is 32.3 Å². The van der Waals surface area contributed by atoms with Gasteiger partial charge >= 0.3 is 12.4 Å². The number of carbonyl (C=O) groups is 1. The van der Waals surface area contributed by atoms with Gasteiger partial charge in [-0.15, -0.1) is 0 Å². The summed E-state index contributed by atoms with van der Waals surface area (Å²) in [6.07, 6.45) is -2.95. The average molecular weight is 511 g/mol. The standard InChI is InChI=1S/C22H19F6N7O/c1-11(21(23,24)25)33-18(36)15-9-32-35-5-2-12(6-16(15)35)13-7-29-17-14(13)8-30-19(34-17)31-10-20(3-4-20)22(26,27)28/h2,5-9,11H,3-4,10H2,1H3,(H,33,36)(H2,29,30,31,34)/t11-/m1/s1. The molecule has 1 fully saturated rings. The number of halogens is 6. The van der Waals surface area contributed by atoms with Crippen molar-refractivity contribution in [3.05, 3.63) is 42.5 Å². The fourth-order valence-electron chi connectivity index (χ4n) is 3.87. The minimum Gasteiger partial charge on any atom is -0.353 e. The van der Waals surface area contributed by atoms with Crippen molar-refractivity contribution in [3.63, 3.8) is 0 Å². The van der Waals surface area contributed by atoms with Gasteiger partial charge in [-0.3, -0.25) is 4.79 Å². The summed E-state index contributed by atoms with van der Waals surface area (Å²) in [7, 11) is 0. The van der Waals surface area contributed by atoms with E-state index in [1.807, 2.05) is 5.32 Å². The molecule has 0 radical (unpaired) electrons. The Hall–Kier alpha value is -3.84. The first-order valence-corrected chi connectivity index (χ1v) is 10.9. The molecule has 4 aromatic rings. The number of rotatable bonds is 6. The van der Waals surface area contributed by atoms with Crippen molar-refractivity contribution in [2.75, 3.05) is 11.9 Å². The van der Waals surface area contributed by atoms with Gasteiger partial charge in [0.25, 0.3) is 5.91 Å². The fourth-order valence-corrected chi connectivity index (χ4v) is 3.87. The molecule has 0 unspecified atom stereocenters. The topological polar surface area (TPSA) is 100 Å². The van der Waals surface area contributed by atoms with Crippen molar-refractivity contribution in [1.82, 2.24) is 29.9 Å². The predicted octanol–water partition coefficient (Wildman–Crippen LogP) is 4.71. The van der Waals surface area contributed by atoms with Crippen molar-refractivity contribution < 1.29 is 31.1 Å². The zero-order valence-corrected chi connectivity index (χ0v) is 18.6. The number of hydrogen-bond acceptors (Lipinski definition) is 5. The van der Waals surface area contributed by atoms with Crippen molar-refractivity contribution in [2.45, 2.75) is 38.2 Å². The van der Waals surface area contributed by atoms with Crippen molar-refractivity contribution in [1.29, 1.82) is 0 Å². The molecule has 190 valence electrons. The second kappa shape index (κ2) is 8.10. The van der Waals surface area contributed by atoms with Gasteiger partial charge in [-0.25, -0.2) is 9.50 Å². The fraction of sp³-hybridized carbons (Fsp3) is 0.364. The van der Waals surface area contributed by atoms with Crippen LogP contribution in [0.3, 0.4) is 0 Å². The zero-order chi connectivity index (χ0) is 25.9. The molecule has 1 aliphatic rings. The summed E-state index contributed by atoms with van der Waals surface area (Å²) in [6, 6.07) is 1.24. The van der Waals surface area contributed by atoms with E-state index >= 15 is 0 Å². The van der Waals surface area contributed by atoms with E-state index in [0.29, 0.717) is 22.2 Å². The smallest absolute Gasteiger partial charge is 0.353 e. The SMILES string of the molecule is C[C@@H](NC(=O)c1cnn2ccc(-c3c[nH]c4nc(NCC5(C(F)(F)F)CC5)ncc34)cc12)C(F)(F)F. The second-order valence-corrected chi connectivity index (χ2v) is 8.83. The molecule has 1 atom stereocenters. The number of aromatic nitrogens is 5. The highest BCUT2D eigenvalue weighted by Crippen LogP contribution is 2.57. The van der Waals surface area contributed by atoms with Crippen LogP contribution >= 0.6 is 0 Å². The molecule has 8 nitrogen and oxygen atoms in total. The number of pyridine rings is 1. The van der Waals surface area contributed by atoms with Gasteiger partial charge in [0.15, 0.2) is 0 Å². The lowest BCUT2D eigenvalue weighted by Crippen LogP contribution is -2.43. The molecule has 4 aromatic heterocycles. The average Bonchev–Trinajstić information content (AvgIpc) is 3.32. The highest BCUT2D eigenvalue weighted by atomic mass is 19.4. The maximum Gasteiger partial charge on any atom is 0.408 e. The van der Waals surface area contributed by atoms with E-state index in [2.05, 4.69) is 25.4 Å². The Morgan fingerprint density at radius 2 is 1.97 bits per heavy atom. The van der Waals surface area contributed by atoms with Gasteiger partial charge in [-0.2, -0.15) is 36.4 Å². The molecule has 1 aliphatic carbocycles. The summed E-state index contributed by atoms with van der Waals surface area (Å²) in [5.41, 5.74) is 0.123. The second-order valence-electron chi connectivity index (χ2n) is 8.83. The number of anilines is 1. The summed E-state index contributed by atoms with van der Waals surface area (Å²) in [4.78, 5) is 23.8. The molecule has 0 aliphatic heterocycles. The molecule has 3 N–H and O–H groups in total. The Balaban J connectivity index is 1.40. The number of hydrogen-bond donors (Lipinski definition) is 3. The largest absolute Gasteiger partial charge is 0.408 e. The van der Waals surface area contributed by atoms with E-state index in [1.54, 1.807) is 24.5 Å². The molecule has 0 bridgehead atoms. The molecular formula is C22H19F6N7O. The molecular weight excluding hydrogens is 492 g/mol. The predicted molar refractivity (Wildman–Crippen MR) is 117 cm³/mol. The Morgan fingerprint density at radius 3 is 2.64 bits per heavy atom. The van der Waals surface area contributed by atoms with Gasteiger partial charge in [-0.1, -0.05) is 0 Å². The number of aromatic amines is 1. The number of nitrogens with one attached hydrogen (secondary N) is 3. The lowest BCUT2D eigenvalue weighted by molar-refractivity contribution is -0.182. The number of carbonyl (C=O) groups excluding carboxylic acids is 1. The van der Waals surface area contributed by atoms with Crippen molar-refractivity contribution >= 4 is 28.4 Å². The van der Waals surface area contributed by atoms with Crippen molar-refractivity contribution in [3.8, 4) is 11.1 Å². The Kier molecular flexibility index (Phi) is 5.37. The van der Waals surface area contributed by atoms with E-state index in [-0.39, 0.29) is 36.4 Å². The number of H-pyrrole nitrogens is 1. The monoisotopic (exact) mass is 511 g/mol. The maximum absolute atomic E-state index is 13.2. The van der Waals surface area contributed by atoms with E-state index in [9.17, 15) is 31.1 Å². The molecule has 1 saturated carbocycles. The van der Waals surface area contributed by atoms with Gasteiger partial charge in [0.2, 0.25) is 5.95 Å². The first-order chi connectivity index (χ1) is 16.9. The van der Waals surface area contributed by atoms with Crippen LogP contribution in [-0.4, -0.2) is 55.4 Å². The number of nitrogens with zero attached hydrogens (tertiary/aromatic N) is 4. The molecule has 36 heavy (non-hydrogen) atoms. The Morgan fingerprint density at radius 1 is 1.22 bits per heavy atom. The van der Waals surface area contributed by atoms with E-state index in [4.69, 9.17) is 0 Å². The first kappa shape index (κ1) is 23.9. The third-order valence-corrected chi connectivity index (χ3v) is 6.39. The van der Waals surface area contributed by atoms with Crippen LogP contribution in [0.25, 0.3) is 27.7 Å². The minimum absolute atomic E-state index is 0.0332.